The zero-order valence-corrected chi connectivity index (χ0v) is 12.4. The van der Waals surface area contributed by atoms with Gasteiger partial charge in [-0.05, 0) is 13.3 Å². The maximum Gasteiger partial charge on any atom is 0.312 e. The number of methoxy groups -OCH3 is 1. The van der Waals surface area contributed by atoms with Crippen LogP contribution in [0.1, 0.15) is 13.3 Å². The first kappa shape index (κ1) is 14.5. The molecule has 1 spiro atoms. The molecular weight excluding hydrogens is 274 g/mol. The van der Waals surface area contributed by atoms with Gasteiger partial charge in [-0.1, -0.05) is 12.2 Å². The molecule has 2 bridgehead atoms. The lowest BCUT2D eigenvalue weighted by atomic mass is 9.77. The van der Waals surface area contributed by atoms with Crippen LogP contribution < -0.4 is 0 Å². The fourth-order valence-electron chi connectivity index (χ4n) is 3.67. The average Bonchev–Trinajstić information content (AvgIpc) is 3.08. The Morgan fingerprint density at radius 2 is 2.38 bits per heavy atom. The van der Waals surface area contributed by atoms with Crippen molar-refractivity contribution >= 4 is 11.9 Å². The zero-order valence-electron chi connectivity index (χ0n) is 12.4. The third kappa shape index (κ3) is 2.17. The van der Waals surface area contributed by atoms with Crippen LogP contribution in [0, 0.1) is 11.8 Å². The lowest BCUT2D eigenvalue weighted by Crippen LogP contribution is -2.40. The highest BCUT2D eigenvalue weighted by Crippen LogP contribution is 2.52. The Bertz CT molecular complexity index is 477. The summed E-state index contributed by atoms with van der Waals surface area (Å²) < 4.78 is 16.1. The Morgan fingerprint density at radius 3 is 3.10 bits per heavy atom. The number of ether oxygens (including phenoxy) is 3. The molecule has 0 aromatic heterocycles. The van der Waals surface area contributed by atoms with Gasteiger partial charge in [-0.25, -0.2) is 0 Å². The third-order valence-corrected chi connectivity index (χ3v) is 4.51. The molecule has 0 radical (unpaired) electrons. The van der Waals surface area contributed by atoms with Crippen LogP contribution in [0.2, 0.25) is 0 Å². The Morgan fingerprint density at radius 1 is 1.57 bits per heavy atom. The molecule has 3 aliphatic heterocycles. The van der Waals surface area contributed by atoms with Gasteiger partial charge < -0.3 is 19.1 Å². The van der Waals surface area contributed by atoms with Gasteiger partial charge in [0.05, 0.1) is 25.2 Å². The van der Waals surface area contributed by atoms with Crippen LogP contribution in [0.3, 0.4) is 0 Å². The van der Waals surface area contributed by atoms with E-state index in [9.17, 15) is 9.59 Å². The van der Waals surface area contributed by atoms with Crippen molar-refractivity contribution in [1.82, 2.24) is 4.90 Å². The molecule has 21 heavy (non-hydrogen) atoms. The Balaban J connectivity index is 1.77. The van der Waals surface area contributed by atoms with Crippen LogP contribution in [-0.2, 0) is 23.8 Å². The monoisotopic (exact) mass is 295 g/mol. The molecule has 2 saturated heterocycles. The summed E-state index contributed by atoms with van der Waals surface area (Å²) in [6.07, 6.45) is 4.30. The van der Waals surface area contributed by atoms with Crippen molar-refractivity contribution in [3.63, 3.8) is 0 Å². The van der Waals surface area contributed by atoms with Crippen molar-refractivity contribution in [2.24, 2.45) is 11.8 Å². The Hall–Kier alpha value is -1.40. The number of carbonyl (C=O) groups is 2. The third-order valence-electron chi connectivity index (χ3n) is 4.51. The van der Waals surface area contributed by atoms with Crippen LogP contribution in [0.15, 0.2) is 12.2 Å². The molecule has 6 nitrogen and oxygen atoms in total. The average molecular weight is 295 g/mol. The summed E-state index contributed by atoms with van der Waals surface area (Å²) >= 11 is 0. The molecule has 2 fully saturated rings. The largest absolute Gasteiger partial charge is 0.466 e. The van der Waals surface area contributed by atoms with E-state index in [0.29, 0.717) is 26.3 Å². The molecule has 0 aromatic carbocycles. The van der Waals surface area contributed by atoms with Gasteiger partial charge in [0.2, 0.25) is 5.91 Å². The van der Waals surface area contributed by atoms with Gasteiger partial charge in [0.25, 0.3) is 0 Å². The van der Waals surface area contributed by atoms with E-state index in [0.717, 1.165) is 6.42 Å². The molecule has 116 valence electrons. The van der Waals surface area contributed by atoms with Crippen molar-refractivity contribution in [2.75, 3.05) is 33.4 Å². The fourth-order valence-corrected chi connectivity index (χ4v) is 3.67. The number of esters is 1. The molecule has 6 heteroatoms. The summed E-state index contributed by atoms with van der Waals surface area (Å²) in [4.78, 5) is 26.6. The van der Waals surface area contributed by atoms with E-state index in [4.69, 9.17) is 14.2 Å². The van der Waals surface area contributed by atoms with Crippen molar-refractivity contribution in [3.05, 3.63) is 12.2 Å². The van der Waals surface area contributed by atoms with Gasteiger partial charge in [-0.2, -0.15) is 0 Å². The highest BCUT2D eigenvalue weighted by atomic mass is 16.6. The van der Waals surface area contributed by atoms with Gasteiger partial charge in [-0.15, -0.1) is 0 Å². The van der Waals surface area contributed by atoms with E-state index < -0.39 is 17.4 Å². The van der Waals surface area contributed by atoms with Crippen molar-refractivity contribution in [2.45, 2.75) is 25.0 Å². The van der Waals surface area contributed by atoms with Gasteiger partial charge in [0.15, 0.2) is 0 Å². The molecule has 3 aliphatic rings. The number of rotatable bonds is 6. The van der Waals surface area contributed by atoms with E-state index in [1.165, 1.54) is 0 Å². The lowest BCUT2D eigenvalue weighted by Gasteiger charge is -2.22. The Labute approximate surface area is 124 Å². The summed E-state index contributed by atoms with van der Waals surface area (Å²) in [5.41, 5.74) is -0.633. The topological polar surface area (TPSA) is 65.1 Å². The van der Waals surface area contributed by atoms with Crippen LogP contribution in [0.4, 0.5) is 0 Å². The maximum atomic E-state index is 12.6. The second-order valence-corrected chi connectivity index (χ2v) is 5.76. The molecule has 0 aliphatic carbocycles. The van der Waals surface area contributed by atoms with Crippen LogP contribution in [0.5, 0.6) is 0 Å². The molecule has 4 atom stereocenters. The zero-order chi connectivity index (χ0) is 15.0. The predicted octanol–water partition coefficient (Wildman–Crippen LogP) is 0.368. The van der Waals surface area contributed by atoms with E-state index in [1.54, 1.807) is 18.9 Å². The molecule has 3 rings (SSSR count). The summed E-state index contributed by atoms with van der Waals surface area (Å²) in [5.74, 6) is -1.27. The van der Waals surface area contributed by atoms with E-state index >= 15 is 0 Å². The highest BCUT2D eigenvalue weighted by Gasteiger charge is 2.67. The van der Waals surface area contributed by atoms with E-state index in [-0.39, 0.29) is 18.0 Å². The first-order valence-corrected chi connectivity index (χ1v) is 7.44. The Kier molecular flexibility index (Phi) is 3.75. The first-order valence-electron chi connectivity index (χ1n) is 7.44. The lowest BCUT2D eigenvalue weighted by molar-refractivity contribution is -0.153. The van der Waals surface area contributed by atoms with Gasteiger partial charge in [-0.3, -0.25) is 9.59 Å². The number of carbonyl (C=O) groups excluding carboxylic acids is 2. The second kappa shape index (κ2) is 5.42. The molecule has 0 unspecified atom stereocenters. The van der Waals surface area contributed by atoms with Gasteiger partial charge >= 0.3 is 5.97 Å². The number of nitrogens with zero attached hydrogens (tertiary/aromatic N) is 1. The van der Waals surface area contributed by atoms with Crippen molar-refractivity contribution in [1.29, 1.82) is 0 Å². The summed E-state index contributed by atoms with van der Waals surface area (Å²) in [6, 6.07) is 0. The van der Waals surface area contributed by atoms with Gasteiger partial charge in [0.1, 0.15) is 11.5 Å². The maximum absolute atomic E-state index is 12.6. The van der Waals surface area contributed by atoms with Crippen LogP contribution in [0.25, 0.3) is 0 Å². The summed E-state index contributed by atoms with van der Waals surface area (Å²) in [5, 5.41) is 0. The fraction of sp³-hybridized carbons (Fsp3) is 0.733. The quantitative estimate of drug-likeness (QED) is 0.402. The molecule has 0 saturated carbocycles. The normalized spacial score (nSPS) is 36.4. The molecule has 0 N–H and O–H groups in total. The standard InChI is InChI=1S/C15H21NO5/c1-3-20-14(18)11-10-5-6-15(21-10)9-16(7-4-8-19-2)13(17)12(11)15/h5-6,10-12H,3-4,7-9H2,1-2H3/t10-,11-,12+,15-/m1/s1. The summed E-state index contributed by atoms with van der Waals surface area (Å²) in [6.45, 7) is 3.84. The molecule has 0 aromatic rings. The first-order chi connectivity index (χ1) is 10.1. The SMILES string of the molecule is CCOC(=O)[C@H]1[C@H]2C(=O)N(CCCOC)C[C@]23C=C[C@H]1O3. The minimum atomic E-state index is -0.633. The summed E-state index contributed by atoms with van der Waals surface area (Å²) in [7, 11) is 1.64. The minimum absolute atomic E-state index is 0.00370. The minimum Gasteiger partial charge on any atom is -0.466 e. The number of amides is 1. The van der Waals surface area contributed by atoms with Gasteiger partial charge in [0, 0.05) is 20.3 Å². The molecular formula is C15H21NO5. The predicted molar refractivity (Wildman–Crippen MR) is 73.4 cm³/mol. The van der Waals surface area contributed by atoms with Crippen molar-refractivity contribution < 1.29 is 23.8 Å². The highest BCUT2D eigenvalue weighted by molar-refractivity contribution is 5.91. The number of hydrogen-bond acceptors (Lipinski definition) is 5. The second-order valence-electron chi connectivity index (χ2n) is 5.76. The molecule has 1 amide bonds. The van der Waals surface area contributed by atoms with Crippen LogP contribution >= 0.6 is 0 Å². The number of fused-ring (bicyclic) bond motifs is 1. The van der Waals surface area contributed by atoms with Crippen molar-refractivity contribution in [3.8, 4) is 0 Å². The molecule has 3 heterocycles. The van der Waals surface area contributed by atoms with E-state index in [2.05, 4.69) is 0 Å². The smallest absolute Gasteiger partial charge is 0.312 e. The number of hydrogen-bond donors (Lipinski definition) is 0. The van der Waals surface area contributed by atoms with Crippen LogP contribution in [-0.4, -0.2) is 61.9 Å². The van der Waals surface area contributed by atoms with E-state index in [1.807, 2.05) is 12.2 Å². The number of likely N-dealkylation sites (tertiary alicyclic amines) is 1.